The van der Waals surface area contributed by atoms with Crippen molar-refractivity contribution in [2.75, 3.05) is 18.4 Å². The number of para-hydroxylation sites is 1. The number of anilines is 1. The molecule has 0 unspecified atom stereocenters. The zero-order valence-corrected chi connectivity index (χ0v) is 19.3. The van der Waals surface area contributed by atoms with Crippen LogP contribution in [0.4, 0.5) is 5.69 Å². The minimum atomic E-state index is -3.65. The van der Waals surface area contributed by atoms with E-state index in [0.717, 1.165) is 11.3 Å². The Kier molecular flexibility index (Phi) is 6.67. The van der Waals surface area contributed by atoms with Gasteiger partial charge in [-0.05, 0) is 48.9 Å². The van der Waals surface area contributed by atoms with Crippen LogP contribution in [0.25, 0.3) is 0 Å². The van der Waals surface area contributed by atoms with Crippen LogP contribution < -0.4 is 5.32 Å². The zero-order valence-electron chi connectivity index (χ0n) is 18.5. The summed E-state index contributed by atoms with van der Waals surface area (Å²) >= 11 is 0. The van der Waals surface area contributed by atoms with E-state index >= 15 is 0 Å². The average molecular weight is 443 g/mol. The average Bonchev–Trinajstić information content (AvgIpc) is 2.73. The van der Waals surface area contributed by atoms with Crippen molar-refractivity contribution in [2.24, 2.45) is 5.92 Å². The molecule has 1 aliphatic rings. The second-order valence-corrected chi connectivity index (χ2v) is 11.0. The van der Waals surface area contributed by atoms with Crippen LogP contribution in [-0.2, 0) is 20.2 Å². The molecule has 1 N–H and O–H groups in total. The van der Waals surface area contributed by atoms with E-state index in [4.69, 9.17) is 0 Å². The van der Waals surface area contributed by atoms with Crippen molar-refractivity contribution in [3.05, 3.63) is 59.7 Å². The first kappa shape index (κ1) is 23.2. The first-order valence-electron chi connectivity index (χ1n) is 10.5. The molecule has 7 heteroatoms. The lowest BCUT2D eigenvalue weighted by Crippen LogP contribution is -2.41. The number of rotatable bonds is 5. The smallest absolute Gasteiger partial charge is 0.243 e. The fourth-order valence-corrected chi connectivity index (χ4v) is 5.32. The SMILES string of the molecule is CC(=O)c1ccc(S(=O)(=O)N2CCC(C(=O)Nc3ccccc3C(C)(C)C)CC2)cc1. The molecule has 0 bridgehead atoms. The number of Topliss-reactive ketones (excluding diaryl/α,β-unsaturated/α-hetero) is 1. The van der Waals surface area contributed by atoms with Gasteiger partial charge in [0.2, 0.25) is 15.9 Å². The molecular weight excluding hydrogens is 412 g/mol. The molecule has 31 heavy (non-hydrogen) atoms. The van der Waals surface area contributed by atoms with E-state index in [0.29, 0.717) is 18.4 Å². The van der Waals surface area contributed by atoms with E-state index in [1.54, 1.807) is 0 Å². The summed E-state index contributed by atoms with van der Waals surface area (Å²) in [5, 5.41) is 3.05. The van der Waals surface area contributed by atoms with Gasteiger partial charge in [-0.3, -0.25) is 9.59 Å². The third kappa shape index (κ3) is 5.22. The molecule has 6 nitrogen and oxygen atoms in total. The summed E-state index contributed by atoms with van der Waals surface area (Å²) in [5.74, 6) is -0.414. The van der Waals surface area contributed by atoms with Crippen LogP contribution in [-0.4, -0.2) is 37.5 Å². The maximum absolute atomic E-state index is 12.9. The van der Waals surface area contributed by atoms with Gasteiger partial charge in [0.05, 0.1) is 4.90 Å². The maximum Gasteiger partial charge on any atom is 0.243 e. The molecule has 2 aromatic rings. The summed E-state index contributed by atoms with van der Waals surface area (Å²) < 4.78 is 27.3. The lowest BCUT2D eigenvalue weighted by atomic mass is 9.85. The molecule has 1 fully saturated rings. The Morgan fingerprint density at radius 2 is 1.55 bits per heavy atom. The number of carbonyl (C=O) groups excluding carboxylic acids is 2. The maximum atomic E-state index is 12.9. The van der Waals surface area contributed by atoms with Crippen LogP contribution in [0.1, 0.15) is 56.5 Å². The molecule has 0 radical (unpaired) electrons. The van der Waals surface area contributed by atoms with E-state index in [9.17, 15) is 18.0 Å². The Balaban J connectivity index is 1.65. The van der Waals surface area contributed by atoms with E-state index in [-0.39, 0.29) is 41.0 Å². The van der Waals surface area contributed by atoms with Crippen LogP contribution in [0.15, 0.2) is 53.4 Å². The van der Waals surface area contributed by atoms with Crippen molar-refractivity contribution >= 4 is 27.4 Å². The fourth-order valence-electron chi connectivity index (χ4n) is 3.85. The molecule has 1 heterocycles. The molecule has 1 aliphatic heterocycles. The Hall–Kier alpha value is -2.51. The number of amides is 1. The summed E-state index contributed by atoms with van der Waals surface area (Å²) in [7, 11) is -3.65. The van der Waals surface area contributed by atoms with Crippen molar-refractivity contribution in [1.29, 1.82) is 0 Å². The second kappa shape index (κ2) is 8.93. The van der Waals surface area contributed by atoms with Crippen LogP contribution in [0.3, 0.4) is 0 Å². The lowest BCUT2D eigenvalue weighted by Gasteiger charge is -2.31. The summed E-state index contributed by atoms with van der Waals surface area (Å²) in [6.07, 6.45) is 0.933. The number of nitrogens with zero attached hydrogens (tertiary/aromatic N) is 1. The minimum absolute atomic E-state index is 0.0699. The predicted molar refractivity (Wildman–Crippen MR) is 122 cm³/mol. The number of benzene rings is 2. The number of nitrogens with one attached hydrogen (secondary N) is 1. The standard InChI is InChI=1S/C24H30N2O4S/c1-17(27)18-9-11-20(12-10-18)31(29,30)26-15-13-19(14-16-26)23(28)25-22-8-6-5-7-21(22)24(2,3)4/h5-12,19H,13-16H2,1-4H3,(H,25,28). The molecule has 1 saturated heterocycles. The molecule has 1 amide bonds. The van der Waals surface area contributed by atoms with Gasteiger partial charge in [0.15, 0.2) is 5.78 Å². The highest BCUT2D eigenvalue weighted by atomic mass is 32.2. The van der Waals surface area contributed by atoms with E-state index < -0.39 is 10.0 Å². The lowest BCUT2D eigenvalue weighted by molar-refractivity contribution is -0.120. The minimum Gasteiger partial charge on any atom is -0.326 e. The number of sulfonamides is 1. The highest BCUT2D eigenvalue weighted by Crippen LogP contribution is 2.31. The van der Waals surface area contributed by atoms with Crippen molar-refractivity contribution in [3.8, 4) is 0 Å². The fraction of sp³-hybridized carbons (Fsp3) is 0.417. The molecule has 0 saturated carbocycles. The first-order chi connectivity index (χ1) is 14.5. The molecule has 3 rings (SSSR count). The number of hydrogen-bond donors (Lipinski definition) is 1. The largest absolute Gasteiger partial charge is 0.326 e. The van der Waals surface area contributed by atoms with Gasteiger partial charge in [-0.1, -0.05) is 51.1 Å². The predicted octanol–water partition coefficient (Wildman–Crippen LogP) is 4.23. The molecule has 0 aromatic heterocycles. The van der Waals surface area contributed by atoms with Gasteiger partial charge in [-0.15, -0.1) is 0 Å². The summed E-state index contributed by atoms with van der Waals surface area (Å²) in [5.41, 5.74) is 2.25. The van der Waals surface area contributed by atoms with E-state index in [2.05, 4.69) is 26.1 Å². The molecule has 0 aliphatic carbocycles. The number of carbonyl (C=O) groups is 2. The van der Waals surface area contributed by atoms with E-state index in [1.165, 1.54) is 35.5 Å². The normalized spacial score (nSPS) is 16.1. The highest BCUT2D eigenvalue weighted by Gasteiger charge is 2.32. The summed E-state index contributed by atoms with van der Waals surface area (Å²) in [6, 6.07) is 13.8. The molecule has 0 atom stereocenters. The molecule has 0 spiro atoms. The molecule has 2 aromatic carbocycles. The zero-order chi connectivity index (χ0) is 22.8. The second-order valence-electron chi connectivity index (χ2n) is 9.04. The highest BCUT2D eigenvalue weighted by molar-refractivity contribution is 7.89. The van der Waals surface area contributed by atoms with Crippen molar-refractivity contribution in [2.45, 2.75) is 50.8 Å². The third-order valence-electron chi connectivity index (χ3n) is 5.72. The summed E-state index contributed by atoms with van der Waals surface area (Å²) in [4.78, 5) is 24.4. The number of piperidine rings is 1. The Bertz CT molecular complexity index is 1060. The van der Waals surface area contributed by atoms with Gasteiger partial charge >= 0.3 is 0 Å². The van der Waals surface area contributed by atoms with Crippen LogP contribution in [0.5, 0.6) is 0 Å². The van der Waals surface area contributed by atoms with Gasteiger partial charge in [0.25, 0.3) is 0 Å². The monoisotopic (exact) mass is 442 g/mol. The number of hydrogen-bond acceptors (Lipinski definition) is 4. The van der Waals surface area contributed by atoms with Crippen LogP contribution >= 0.6 is 0 Å². The van der Waals surface area contributed by atoms with Gasteiger partial charge in [0, 0.05) is 30.3 Å². The Morgan fingerprint density at radius 3 is 2.10 bits per heavy atom. The third-order valence-corrected chi connectivity index (χ3v) is 7.63. The Labute approximate surface area is 184 Å². The van der Waals surface area contributed by atoms with Crippen molar-refractivity contribution in [1.82, 2.24) is 4.31 Å². The van der Waals surface area contributed by atoms with Crippen molar-refractivity contribution < 1.29 is 18.0 Å². The quantitative estimate of drug-likeness (QED) is 0.703. The van der Waals surface area contributed by atoms with Crippen LogP contribution in [0, 0.1) is 5.92 Å². The molecule has 166 valence electrons. The van der Waals surface area contributed by atoms with Gasteiger partial charge < -0.3 is 5.32 Å². The first-order valence-corrected chi connectivity index (χ1v) is 12.0. The molecular formula is C24H30N2O4S. The van der Waals surface area contributed by atoms with Crippen LogP contribution in [0.2, 0.25) is 0 Å². The van der Waals surface area contributed by atoms with E-state index in [1.807, 2.05) is 24.3 Å². The van der Waals surface area contributed by atoms with Gasteiger partial charge in [-0.2, -0.15) is 4.31 Å². The summed E-state index contributed by atoms with van der Waals surface area (Å²) in [6.45, 7) is 8.32. The van der Waals surface area contributed by atoms with Gasteiger partial charge in [-0.25, -0.2) is 8.42 Å². The topological polar surface area (TPSA) is 83.6 Å². The Morgan fingerprint density at radius 1 is 0.968 bits per heavy atom. The van der Waals surface area contributed by atoms with Gasteiger partial charge in [0.1, 0.15) is 0 Å². The van der Waals surface area contributed by atoms with Crippen molar-refractivity contribution in [3.63, 3.8) is 0 Å². The number of ketones is 1.